The normalized spacial score (nSPS) is 41.1. The number of Topliss-reactive ketones (excluding diaryl/α,β-unsaturated/α-hetero) is 1. The van der Waals surface area contributed by atoms with E-state index in [1.165, 1.54) is 48.8 Å². The van der Waals surface area contributed by atoms with E-state index < -0.39 is 5.97 Å². The molecule has 1 N–H and O–H groups in total. The first-order chi connectivity index (χ1) is 21.9. The van der Waals surface area contributed by atoms with Gasteiger partial charge in [-0.1, -0.05) is 71.9 Å². The van der Waals surface area contributed by atoms with E-state index >= 15 is 0 Å². The molecule has 6 rings (SSSR count). The molecule has 0 amide bonds. The van der Waals surface area contributed by atoms with Crippen molar-refractivity contribution in [3.05, 3.63) is 53.6 Å². The Morgan fingerprint density at radius 1 is 0.915 bits per heavy atom. The summed E-state index contributed by atoms with van der Waals surface area (Å²) in [6, 6.07) is 7.57. The molecule has 1 aromatic carbocycles. The fraction of sp³-hybridized carbons (Fsp3) is 0.721. The standard InChI is InChI=1S/C43H63NO3/c1-27(2)31-17-22-43(36(45)25-28(3)26-44(9)10)24-23-41(7)33(37(31)43)15-16-35-40(6)20-18-32(29-11-13-30(14-12-29)38(46)47)39(4,5)34(40)19-21-42(35,41)8/h11-14,18,28,31,33-35,37H,1,15-17,19-26H2,2-10H3,(H,46,47)/t28-,31+,33-,34+,35-,37-,40+,41-,42-,43-/m1/s1. The third kappa shape index (κ3) is 5.07. The number of ketones is 1. The molecule has 0 radical (unpaired) electrons. The molecule has 4 fully saturated rings. The number of fused-ring (bicyclic) bond motifs is 7. The van der Waals surface area contributed by atoms with Gasteiger partial charge in [0.2, 0.25) is 0 Å². The quantitative estimate of drug-likeness (QED) is 0.287. The van der Waals surface area contributed by atoms with Crippen LogP contribution in [-0.2, 0) is 4.79 Å². The van der Waals surface area contributed by atoms with Crippen LogP contribution in [0.2, 0.25) is 0 Å². The Kier molecular flexibility index (Phi) is 8.63. The van der Waals surface area contributed by atoms with Gasteiger partial charge in [0.15, 0.2) is 0 Å². The molecule has 4 heteroatoms. The molecule has 5 aliphatic carbocycles. The summed E-state index contributed by atoms with van der Waals surface area (Å²) in [6.45, 7) is 22.9. The van der Waals surface area contributed by atoms with Gasteiger partial charge in [0.25, 0.3) is 0 Å². The summed E-state index contributed by atoms with van der Waals surface area (Å²) in [4.78, 5) is 28.3. The summed E-state index contributed by atoms with van der Waals surface area (Å²) in [5.41, 5.74) is 4.72. The van der Waals surface area contributed by atoms with E-state index in [4.69, 9.17) is 0 Å². The minimum Gasteiger partial charge on any atom is -0.478 e. The van der Waals surface area contributed by atoms with Gasteiger partial charge in [-0.15, -0.1) is 0 Å². The molecule has 0 bridgehead atoms. The van der Waals surface area contributed by atoms with Crippen molar-refractivity contribution in [2.45, 2.75) is 113 Å². The van der Waals surface area contributed by atoms with E-state index in [9.17, 15) is 14.7 Å². The molecule has 47 heavy (non-hydrogen) atoms. The van der Waals surface area contributed by atoms with E-state index in [-0.39, 0.29) is 27.1 Å². The van der Waals surface area contributed by atoms with Gasteiger partial charge in [0.1, 0.15) is 5.78 Å². The van der Waals surface area contributed by atoms with Gasteiger partial charge in [-0.05, 0) is 159 Å². The minimum absolute atomic E-state index is 0.00468. The average Bonchev–Trinajstić information content (AvgIpc) is 3.38. The predicted octanol–water partition coefficient (Wildman–Crippen LogP) is 10.2. The SMILES string of the molecule is C=C(C)[C@@H]1CC[C@]2(C(=O)C[C@@H](C)CN(C)C)CC[C@]3(C)[C@H](CC[C@@H]4[C@@]5(C)CC=C(c6ccc(C(=O)O)cc6)C(C)(C)[C@@H]5CC[C@]43C)[C@@H]12. The Balaban J connectivity index is 1.33. The lowest BCUT2D eigenvalue weighted by Crippen LogP contribution is -2.66. The Bertz CT molecular complexity index is 1450. The van der Waals surface area contributed by atoms with Crippen LogP contribution in [0, 0.1) is 62.6 Å². The van der Waals surface area contributed by atoms with E-state index in [0.717, 1.165) is 32.2 Å². The summed E-state index contributed by atoms with van der Waals surface area (Å²) in [6.07, 6.45) is 13.7. The van der Waals surface area contributed by atoms with Gasteiger partial charge in [-0.25, -0.2) is 4.79 Å². The topological polar surface area (TPSA) is 57.6 Å². The highest BCUT2D eigenvalue weighted by Gasteiger charge is 2.71. The number of carbonyl (C=O) groups is 2. The summed E-state index contributed by atoms with van der Waals surface area (Å²) in [5.74, 6) is 2.77. The van der Waals surface area contributed by atoms with Crippen LogP contribution < -0.4 is 0 Å². The van der Waals surface area contributed by atoms with Gasteiger partial charge in [-0.2, -0.15) is 0 Å². The molecular weight excluding hydrogens is 578 g/mol. The van der Waals surface area contributed by atoms with Gasteiger partial charge >= 0.3 is 5.97 Å². The summed E-state index contributed by atoms with van der Waals surface area (Å²) >= 11 is 0. The van der Waals surface area contributed by atoms with Crippen molar-refractivity contribution in [2.24, 2.45) is 62.6 Å². The highest BCUT2D eigenvalue weighted by Crippen LogP contribution is 2.78. The van der Waals surface area contributed by atoms with Gasteiger partial charge in [0.05, 0.1) is 5.56 Å². The monoisotopic (exact) mass is 641 g/mol. The lowest BCUT2D eigenvalue weighted by Gasteiger charge is -2.72. The average molecular weight is 642 g/mol. The zero-order chi connectivity index (χ0) is 34.3. The fourth-order valence-electron chi connectivity index (χ4n) is 13.7. The predicted molar refractivity (Wildman–Crippen MR) is 193 cm³/mol. The van der Waals surface area contributed by atoms with Crippen molar-refractivity contribution >= 4 is 17.3 Å². The summed E-state index contributed by atoms with van der Waals surface area (Å²) in [5, 5.41) is 9.47. The van der Waals surface area contributed by atoms with Gasteiger partial charge in [0, 0.05) is 18.4 Å². The second kappa shape index (κ2) is 11.7. The van der Waals surface area contributed by atoms with E-state index in [1.54, 1.807) is 12.1 Å². The molecule has 0 spiro atoms. The second-order valence-corrected chi connectivity index (χ2v) is 18.8. The zero-order valence-corrected chi connectivity index (χ0v) is 31.0. The van der Waals surface area contributed by atoms with Crippen molar-refractivity contribution in [1.29, 1.82) is 0 Å². The number of carboxylic acids is 1. The molecule has 0 aliphatic heterocycles. The number of carbonyl (C=O) groups excluding carboxylic acids is 1. The largest absolute Gasteiger partial charge is 0.478 e. The van der Waals surface area contributed by atoms with Crippen LogP contribution in [0.25, 0.3) is 5.57 Å². The molecule has 0 heterocycles. The highest BCUT2D eigenvalue weighted by molar-refractivity contribution is 5.88. The first-order valence-electron chi connectivity index (χ1n) is 18.8. The van der Waals surface area contributed by atoms with E-state index in [0.29, 0.717) is 53.3 Å². The molecule has 4 nitrogen and oxygen atoms in total. The maximum absolute atomic E-state index is 14.5. The Labute approximate surface area is 285 Å². The van der Waals surface area contributed by atoms with Crippen LogP contribution in [0.4, 0.5) is 0 Å². The van der Waals surface area contributed by atoms with Crippen molar-refractivity contribution in [3.8, 4) is 0 Å². The van der Waals surface area contributed by atoms with E-state index in [2.05, 4.69) is 80.1 Å². The first kappa shape index (κ1) is 34.7. The van der Waals surface area contributed by atoms with Crippen molar-refractivity contribution in [1.82, 2.24) is 4.90 Å². The number of aromatic carboxylic acids is 1. The summed E-state index contributed by atoms with van der Waals surface area (Å²) < 4.78 is 0. The Hall–Kier alpha value is -2.20. The van der Waals surface area contributed by atoms with Crippen molar-refractivity contribution in [2.75, 3.05) is 20.6 Å². The maximum Gasteiger partial charge on any atom is 0.335 e. The van der Waals surface area contributed by atoms with Crippen LogP contribution in [0.1, 0.15) is 129 Å². The molecule has 0 aromatic heterocycles. The van der Waals surface area contributed by atoms with Crippen LogP contribution in [0.5, 0.6) is 0 Å². The van der Waals surface area contributed by atoms with Crippen LogP contribution >= 0.6 is 0 Å². The van der Waals surface area contributed by atoms with Crippen molar-refractivity contribution in [3.63, 3.8) is 0 Å². The number of allylic oxidation sites excluding steroid dienone is 3. The second-order valence-electron chi connectivity index (χ2n) is 18.8. The molecule has 258 valence electrons. The first-order valence-corrected chi connectivity index (χ1v) is 18.8. The van der Waals surface area contributed by atoms with E-state index in [1.807, 2.05) is 12.1 Å². The highest BCUT2D eigenvalue weighted by atomic mass is 16.4. The lowest BCUT2D eigenvalue weighted by molar-refractivity contribution is -0.224. The number of hydrogen-bond donors (Lipinski definition) is 1. The van der Waals surface area contributed by atoms with Crippen molar-refractivity contribution < 1.29 is 14.7 Å². The minimum atomic E-state index is -0.868. The lowest BCUT2D eigenvalue weighted by atomic mass is 9.32. The fourth-order valence-corrected chi connectivity index (χ4v) is 13.7. The molecule has 1 aromatic rings. The molecular formula is C43H63NO3. The third-order valence-electron chi connectivity index (χ3n) is 15.9. The summed E-state index contributed by atoms with van der Waals surface area (Å²) in [7, 11) is 4.25. The molecule has 10 atom stereocenters. The Morgan fingerprint density at radius 3 is 2.21 bits per heavy atom. The molecule has 0 saturated heterocycles. The van der Waals surface area contributed by atoms with Crippen LogP contribution in [0.15, 0.2) is 42.5 Å². The van der Waals surface area contributed by atoms with Crippen LogP contribution in [-0.4, -0.2) is 42.4 Å². The third-order valence-corrected chi connectivity index (χ3v) is 15.9. The molecule has 5 aliphatic rings. The molecule has 4 saturated carbocycles. The molecule has 0 unspecified atom stereocenters. The van der Waals surface area contributed by atoms with Crippen LogP contribution in [0.3, 0.4) is 0 Å². The maximum atomic E-state index is 14.5. The number of carboxylic acid groups (broad SMARTS) is 1. The van der Waals surface area contributed by atoms with Gasteiger partial charge in [-0.3, -0.25) is 4.79 Å². The number of benzene rings is 1. The smallest absolute Gasteiger partial charge is 0.335 e. The zero-order valence-electron chi connectivity index (χ0n) is 31.0. The number of nitrogens with zero attached hydrogens (tertiary/aromatic N) is 1. The Morgan fingerprint density at radius 2 is 1.60 bits per heavy atom. The number of rotatable bonds is 8. The van der Waals surface area contributed by atoms with Gasteiger partial charge < -0.3 is 10.0 Å². The number of hydrogen-bond acceptors (Lipinski definition) is 3.